The molecule has 7 heteroatoms. The third-order valence-corrected chi connectivity index (χ3v) is 2.26. The lowest BCUT2D eigenvalue weighted by Gasteiger charge is -1.92. The van der Waals surface area contributed by atoms with Crippen LogP contribution >= 0.6 is 11.8 Å². The Labute approximate surface area is 88.4 Å². The fourth-order valence-corrected chi connectivity index (χ4v) is 1.48. The highest BCUT2D eigenvalue weighted by atomic mass is 32.2. The number of hydrogen-bond donors (Lipinski definition) is 1. The largest absolute Gasteiger partial charge is 0.476 e. The third-order valence-electron chi connectivity index (χ3n) is 1.45. The molecular formula is C8H5N3O3S. The minimum absolute atomic E-state index is 0.119. The molecule has 0 bridgehead atoms. The number of carbonyl (C=O) groups is 1. The minimum atomic E-state index is -1.12. The van der Waals surface area contributed by atoms with Crippen molar-refractivity contribution in [3.05, 3.63) is 30.5 Å². The van der Waals surface area contributed by atoms with Crippen LogP contribution in [0.5, 0.6) is 0 Å². The van der Waals surface area contributed by atoms with Crippen LogP contribution in [-0.2, 0) is 0 Å². The number of nitrogens with zero attached hydrogens (tertiary/aromatic N) is 3. The van der Waals surface area contributed by atoms with Crippen molar-refractivity contribution in [3.8, 4) is 0 Å². The average molecular weight is 223 g/mol. The van der Waals surface area contributed by atoms with Crippen molar-refractivity contribution in [3.63, 3.8) is 0 Å². The Kier molecular flexibility index (Phi) is 2.64. The quantitative estimate of drug-likeness (QED) is 0.784. The van der Waals surface area contributed by atoms with Gasteiger partial charge in [0.25, 0.3) is 5.22 Å². The maximum Gasteiger partial charge on any atom is 0.357 e. The zero-order valence-electron chi connectivity index (χ0n) is 7.32. The Morgan fingerprint density at radius 2 is 2.40 bits per heavy atom. The van der Waals surface area contributed by atoms with E-state index in [2.05, 4.69) is 15.0 Å². The van der Waals surface area contributed by atoms with Crippen molar-refractivity contribution in [1.29, 1.82) is 0 Å². The molecule has 0 saturated heterocycles. The van der Waals surface area contributed by atoms with E-state index in [0.29, 0.717) is 5.03 Å². The Hall–Kier alpha value is -1.89. The summed E-state index contributed by atoms with van der Waals surface area (Å²) in [6.45, 7) is 0. The van der Waals surface area contributed by atoms with Gasteiger partial charge in [0.1, 0.15) is 17.6 Å². The molecule has 0 atom stereocenters. The summed E-state index contributed by atoms with van der Waals surface area (Å²) >= 11 is 1.13. The molecule has 76 valence electrons. The van der Waals surface area contributed by atoms with Gasteiger partial charge in [0.2, 0.25) is 0 Å². The first kappa shape index (κ1) is 9.66. The van der Waals surface area contributed by atoms with Gasteiger partial charge in [-0.15, -0.1) is 0 Å². The molecule has 0 spiro atoms. The lowest BCUT2D eigenvalue weighted by molar-refractivity contribution is 0.0690. The van der Waals surface area contributed by atoms with E-state index in [9.17, 15) is 4.79 Å². The van der Waals surface area contributed by atoms with E-state index in [4.69, 9.17) is 9.52 Å². The van der Waals surface area contributed by atoms with Crippen LogP contribution in [-0.4, -0.2) is 26.0 Å². The molecule has 0 aliphatic heterocycles. The van der Waals surface area contributed by atoms with E-state index in [-0.39, 0.29) is 10.9 Å². The van der Waals surface area contributed by atoms with Crippen molar-refractivity contribution in [1.82, 2.24) is 15.0 Å². The fraction of sp³-hybridized carbons (Fsp3) is 0. The summed E-state index contributed by atoms with van der Waals surface area (Å²) in [5.74, 6) is -1.12. The third kappa shape index (κ3) is 2.32. The van der Waals surface area contributed by atoms with Crippen LogP contribution in [0.25, 0.3) is 0 Å². The Bertz CT molecular complexity index is 471. The molecule has 15 heavy (non-hydrogen) atoms. The van der Waals surface area contributed by atoms with Crippen LogP contribution in [0.2, 0.25) is 0 Å². The topological polar surface area (TPSA) is 89.1 Å². The average Bonchev–Trinajstić information content (AvgIpc) is 2.68. The standard InChI is InChI=1S/C8H5N3O3S/c12-7(13)5-3-14-8(11-5)15-6-1-2-9-4-10-6/h1-4H,(H,12,13). The van der Waals surface area contributed by atoms with E-state index in [0.717, 1.165) is 18.0 Å². The van der Waals surface area contributed by atoms with Gasteiger partial charge in [0.15, 0.2) is 5.69 Å². The zero-order valence-corrected chi connectivity index (χ0v) is 8.14. The second-order valence-electron chi connectivity index (χ2n) is 2.45. The lowest BCUT2D eigenvalue weighted by Crippen LogP contribution is -1.95. The molecule has 0 radical (unpaired) electrons. The second-order valence-corrected chi connectivity index (χ2v) is 3.43. The van der Waals surface area contributed by atoms with Crippen molar-refractivity contribution in [2.45, 2.75) is 10.2 Å². The van der Waals surface area contributed by atoms with Gasteiger partial charge in [0.05, 0.1) is 0 Å². The number of aromatic nitrogens is 3. The van der Waals surface area contributed by atoms with Crippen LogP contribution < -0.4 is 0 Å². The van der Waals surface area contributed by atoms with E-state index >= 15 is 0 Å². The molecule has 0 amide bonds. The highest BCUT2D eigenvalue weighted by Gasteiger charge is 2.11. The maximum atomic E-state index is 10.5. The molecular weight excluding hydrogens is 218 g/mol. The van der Waals surface area contributed by atoms with E-state index in [1.807, 2.05) is 0 Å². The summed E-state index contributed by atoms with van der Waals surface area (Å²) < 4.78 is 4.94. The molecule has 0 aromatic carbocycles. The second kappa shape index (κ2) is 4.09. The first-order valence-electron chi connectivity index (χ1n) is 3.88. The Morgan fingerprint density at radius 1 is 1.53 bits per heavy atom. The van der Waals surface area contributed by atoms with Crippen LogP contribution in [0.1, 0.15) is 10.5 Å². The molecule has 2 aromatic heterocycles. The van der Waals surface area contributed by atoms with Gasteiger partial charge in [-0.3, -0.25) is 0 Å². The summed E-state index contributed by atoms with van der Waals surface area (Å²) in [6.07, 6.45) is 4.06. The fourth-order valence-electron chi connectivity index (χ4n) is 0.831. The van der Waals surface area contributed by atoms with Gasteiger partial charge in [-0.25, -0.2) is 14.8 Å². The predicted molar refractivity (Wildman–Crippen MR) is 49.6 cm³/mol. The van der Waals surface area contributed by atoms with Crippen molar-refractivity contribution in [2.75, 3.05) is 0 Å². The normalized spacial score (nSPS) is 10.1. The molecule has 1 N–H and O–H groups in total. The van der Waals surface area contributed by atoms with E-state index in [1.165, 1.54) is 6.33 Å². The molecule has 0 aliphatic carbocycles. The van der Waals surface area contributed by atoms with Gasteiger partial charge in [-0.05, 0) is 17.8 Å². The Morgan fingerprint density at radius 3 is 3.00 bits per heavy atom. The number of carboxylic acid groups (broad SMARTS) is 1. The summed E-state index contributed by atoms with van der Waals surface area (Å²) in [4.78, 5) is 21.9. The number of aromatic carboxylic acids is 1. The van der Waals surface area contributed by atoms with Gasteiger partial charge in [0, 0.05) is 6.20 Å². The zero-order chi connectivity index (χ0) is 10.7. The SMILES string of the molecule is O=C(O)c1coc(Sc2ccncn2)n1. The molecule has 0 aliphatic rings. The summed E-state index contributed by atoms with van der Waals surface area (Å²) in [5, 5.41) is 9.49. The minimum Gasteiger partial charge on any atom is -0.476 e. The Balaban J connectivity index is 2.15. The van der Waals surface area contributed by atoms with E-state index in [1.54, 1.807) is 12.3 Å². The van der Waals surface area contributed by atoms with Crippen LogP contribution in [0, 0.1) is 0 Å². The summed E-state index contributed by atoms with van der Waals surface area (Å²) in [5.41, 5.74) is -0.119. The van der Waals surface area contributed by atoms with Crippen LogP contribution in [0.4, 0.5) is 0 Å². The molecule has 2 aromatic rings. The van der Waals surface area contributed by atoms with Crippen molar-refractivity contribution >= 4 is 17.7 Å². The molecule has 0 unspecified atom stereocenters. The first-order chi connectivity index (χ1) is 7.25. The summed E-state index contributed by atoms with van der Waals surface area (Å²) in [6, 6.07) is 1.68. The number of carboxylic acids is 1. The van der Waals surface area contributed by atoms with Gasteiger partial charge in [-0.2, -0.15) is 4.98 Å². The van der Waals surface area contributed by atoms with Crippen LogP contribution in [0.3, 0.4) is 0 Å². The molecule has 6 nitrogen and oxygen atoms in total. The molecule has 2 heterocycles. The maximum absolute atomic E-state index is 10.5. The number of oxazole rings is 1. The monoisotopic (exact) mass is 223 g/mol. The lowest BCUT2D eigenvalue weighted by atomic mass is 10.5. The predicted octanol–water partition coefficient (Wildman–Crippen LogP) is 1.31. The van der Waals surface area contributed by atoms with E-state index < -0.39 is 5.97 Å². The smallest absolute Gasteiger partial charge is 0.357 e. The van der Waals surface area contributed by atoms with Gasteiger partial charge in [-0.1, -0.05) is 0 Å². The molecule has 0 saturated carbocycles. The number of rotatable bonds is 3. The summed E-state index contributed by atoms with van der Waals surface area (Å²) in [7, 11) is 0. The molecule has 2 rings (SSSR count). The highest BCUT2D eigenvalue weighted by molar-refractivity contribution is 7.99. The van der Waals surface area contributed by atoms with Crippen LogP contribution in [0.15, 0.2) is 39.5 Å². The first-order valence-corrected chi connectivity index (χ1v) is 4.70. The van der Waals surface area contributed by atoms with Gasteiger partial charge >= 0.3 is 5.97 Å². The highest BCUT2D eigenvalue weighted by Crippen LogP contribution is 2.24. The van der Waals surface area contributed by atoms with Gasteiger partial charge < -0.3 is 9.52 Å². The molecule has 0 fully saturated rings. The van der Waals surface area contributed by atoms with Crippen molar-refractivity contribution < 1.29 is 14.3 Å². The van der Waals surface area contributed by atoms with Crippen molar-refractivity contribution in [2.24, 2.45) is 0 Å². The number of hydrogen-bond acceptors (Lipinski definition) is 6.